The van der Waals surface area contributed by atoms with Crippen LogP contribution in [-0.4, -0.2) is 31.3 Å². The number of nitrogens with zero attached hydrogens (tertiary/aromatic N) is 4. The molecule has 0 bridgehead atoms. The molecule has 8 heteroatoms. The van der Waals surface area contributed by atoms with E-state index in [1.807, 2.05) is 45.7 Å². The number of imidazole rings is 1. The maximum Gasteiger partial charge on any atom is 0.228 e. The number of nitrogens with one attached hydrogen (secondary N) is 1. The van der Waals surface area contributed by atoms with Crippen molar-refractivity contribution < 1.29 is 14.6 Å². The van der Waals surface area contributed by atoms with Crippen LogP contribution in [0.3, 0.4) is 0 Å². The van der Waals surface area contributed by atoms with E-state index in [9.17, 15) is 5.11 Å². The summed E-state index contributed by atoms with van der Waals surface area (Å²) in [6.07, 6.45) is 7.94. The first kappa shape index (κ1) is 19.9. The van der Waals surface area contributed by atoms with Crippen molar-refractivity contribution in [1.82, 2.24) is 19.1 Å². The number of aromatic hydroxyl groups is 1. The van der Waals surface area contributed by atoms with Crippen LogP contribution in [0.1, 0.15) is 29.0 Å². The molecular formula is C24H23N5O3. The number of hydrogen-bond acceptors (Lipinski definition) is 6. The van der Waals surface area contributed by atoms with Gasteiger partial charge in [-0.1, -0.05) is 24.3 Å². The van der Waals surface area contributed by atoms with Gasteiger partial charge in [-0.25, -0.2) is 9.97 Å². The predicted octanol–water partition coefficient (Wildman–Crippen LogP) is 3.65. The summed E-state index contributed by atoms with van der Waals surface area (Å²) in [5, 5.41) is 19.0. The van der Waals surface area contributed by atoms with Gasteiger partial charge in [-0.05, 0) is 18.6 Å². The quantitative estimate of drug-likeness (QED) is 0.429. The van der Waals surface area contributed by atoms with Gasteiger partial charge in [0.1, 0.15) is 29.1 Å². The molecular weight excluding hydrogens is 406 g/mol. The molecule has 1 aliphatic rings. The van der Waals surface area contributed by atoms with Crippen molar-refractivity contribution in [2.24, 2.45) is 0 Å². The van der Waals surface area contributed by atoms with Crippen molar-refractivity contribution in [2.45, 2.75) is 25.4 Å². The van der Waals surface area contributed by atoms with Gasteiger partial charge in [0.25, 0.3) is 0 Å². The van der Waals surface area contributed by atoms with Crippen molar-refractivity contribution >= 4 is 0 Å². The number of rotatable bonds is 6. The fraction of sp³-hybridized carbons (Fsp3) is 0.208. The molecule has 0 saturated carbocycles. The van der Waals surface area contributed by atoms with Crippen molar-refractivity contribution in [2.75, 3.05) is 7.11 Å². The average Bonchev–Trinajstić information content (AvgIpc) is 3.32. The minimum absolute atomic E-state index is 0.113. The van der Waals surface area contributed by atoms with Gasteiger partial charge in [-0.3, -0.25) is 5.41 Å². The highest BCUT2D eigenvalue weighted by Gasteiger charge is 2.33. The molecule has 0 amide bonds. The van der Waals surface area contributed by atoms with Crippen LogP contribution in [0.5, 0.6) is 23.1 Å². The summed E-state index contributed by atoms with van der Waals surface area (Å²) < 4.78 is 15.5. The molecule has 0 radical (unpaired) electrons. The van der Waals surface area contributed by atoms with E-state index < -0.39 is 0 Å². The SMILES string of the molecule is COc1ccccc1[C@@H]1c2ccc(O)cc2Oc2ncn(CCCn3ccnc3)c(=N)c21. The number of aromatic nitrogens is 4. The molecule has 1 aliphatic heterocycles. The number of aryl methyl sites for hydroxylation is 2. The lowest BCUT2D eigenvalue weighted by Gasteiger charge is -2.29. The summed E-state index contributed by atoms with van der Waals surface area (Å²) in [5.74, 6) is 1.42. The van der Waals surface area contributed by atoms with E-state index in [-0.39, 0.29) is 11.7 Å². The Labute approximate surface area is 184 Å². The van der Waals surface area contributed by atoms with E-state index in [2.05, 4.69) is 9.97 Å². The molecule has 4 aromatic rings. The Morgan fingerprint density at radius 2 is 2.00 bits per heavy atom. The van der Waals surface area contributed by atoms with Crippen molar-refractivity contribution in [3.05, 3.63) is 89.7 Å². The summed E-state index contributed by atoms with van der Waals surface area (Å²) in [4.78, 5) is 8.61. The molecule has 0 spiro atoms. The van der Waals surface area contributed by atoms with Crippen molar-refractivity contribution in [3.8, 4) is 23.1 Å². The van der Waals surface area contributed by atoms with E-state index >= 15 is 0 Å². The fourth-order valence-electron chi connectivity index (χ4n) is 4.20. The van der Waals surface area contributed by atoms with Gasteiger partial charge >= 0.3 is 0 Å². The maximum absolute atomic E-state index is 10.00. The van der Waals surface area contributed by atoms with Crippen LogP contribution in [0.4, 0.5) is 0 Å². The van der Waals surface area contributed by atoms with Crippen LogP contribution in [0.25, 0.3) is 0 Å². The summed E-state index contributed by atoms with van der Waals surface area (Å²) in [6.45, 7) is 1.44. The third-order valence-electron chi connectivity index (χ3n) is 5.72. The molecule has 0 fully saturated rings. The second-order valence-corrected chi connectivity index (χ2v) is 7.66. The number of methoxy groups -OCH3 is 1. The van der Waals surface area contributed by atoms with Crippen LogP contribution in [-0.2, 0) is 13.1 Å². The lowest BCUT2D eigenvalue weighted by Crippen LogP contribution is -2.30. The van der Waals surface area contributed by atoms with E-state index in [4.69, 9.17) is 14.9 Å². The molecule has 8 nitrogen and oxygen atoms in total. The third-order valence-corrected chi connectivity index (χ3v) is 5.72. The first-order valence-electron chi connectivity index (χ1n) is 10.4. The Hall–Kier alpha value is -4.07. The van der Waals surface area contributed by atoms with Gasteiger partial charge in [0.2, 0.25) is 5.88 Å². The molecule has 3 heterocycles. The molecule has 0 saturated heterocycles. The Morgan fingerprint density at radius 3 is 2.81 bits per heavy atom. The Bertz CT molecular complexity index is 1310. The minimum atomic E-state index is -0.313. The van der Waals surface area contributed by atoms with Gasteiger partial charge in [-0.15, -0.1) is 0 Å². The second kappa shape index (κ2) is 8.22. The Balaban J connectivity index is 1.59. The Kier molecular flexibility index (Phi) is 5.10. The molecule has 2 aromatic carbocycles. The summed E-state index contributed by atoms with van der Waals surface area (Å²) >= 11 is 0. The average molecular weight is 429 g/mol. The molecule has 32 heavy (non-hydrogen) atoms. The fourth-order valence-corrected chi connectivity index (χ4v) is 4.20. The van der Waals surface area contributed by atoms with E-state index in [0.717, 1.165) is 29.8 Å². The number of fused-ring (bicyclic) bond motifs is 2. The zero-order valence-corrected chi connectivity index (χ0v) is 17.6. The number of para-hydroxylation sites is 1. The second-order valence-electron chi connectivity index (χ2n) is 7.66. The number of phenolic OH excluding ortho intramolecular Hbond substituents is 1. The van der Waals surface area contributed by atoms with Gasteiger partial charge in [0.15, 0.2) is 0 Å². The van der Waals surface area contributed by atoms with Crippen LogP contribution in [0.2, 0.25) is 0 Å². The molecule has 2 N–H and O–H groups in total. The van der Waals surface area contributed by atoms with Crippen LogP contribution in [0.15, 0.2) is 67.5 Å². The molecule has 0 unspecified atom stereocenters. The lowest BCUT2D eigenvalue weighted by molar-refractivity contribution is 0.397. The minimum Gasteiger partial charge on any atom is -0.508 e. The highest BCUT2D eigenvalue weighted by Crippen LogP contribution is 2.47. The predicted molar refractivity (Wildman–Crippen MR) is 117 cm³/mol. The van der Waals surface area contributed by atoms with Gasteiger partial charge in [0, 0.05) is 42.7 Å². The number of phenols is 1. The zero-order chi connectivity index (χ0) is 22.1. The standard InChI is InChI=1S/C24H23N5O3/c1-31-19-6-3-2-5-17(19)21-18-8-7-16(30)13-20(18)32-24-22(21)23(25)29(15-27-24)11-4-10-28-12-9-26-14-28/h2-3,5-9,12-15,21,25,30H,4,10-11H2,1H3/t21-/m1/s1. The zero-order valence-electron chi connectivity index (χ0n) is 17.6. The molecule has 162 valence electrons. The highest BCUT2D eigenvalue weighted by molar-refractivity contribution is 5.59. The van der Waals surface area contributed by atoms with Crippen molar-refractivity contribution in [3.63, 3.8) is 0 Å². The number of hydrogen-bond donors (Lipinski definition) is 2. The first-order valence-corrected chi connectivity index (χ1v) is 10.4. The van der Waals surface area contributed by atoms with Gasteiger partial charge < -0.3 is 23.7 Å². The number of benzene rings is 2. The summed E-state index contributed by atoms with van der Waals surface area (Å²) in [5.41, 5.74) is 2.79. The van der Waals surface area contributed by atoms with E-state index in [1.165, 1.54) is 0 Å². The van der Waals surface area contributed by atoms with E-state index in [1.54, 1.807) is 38.1 Å². The van der Waals surface area contributed by atoms with Gasteiger partial charge in [-0.2, -0.15) is 0 Å². The summed E-state index contributed by atoms with van der Waals surface area (Å²) in [6, 6.07) is 12.8. The first-order chi connectivity index (χ1) is 15.7. The van der Waals surface area contributed by atoms with Crippen molar-refractivity contribution in [1.29, 1.82) is 5.41 Å². The monoisotopic (exact) mass is 429 g/mol. The number of ether oxygens (including phenoxy) is 2. The highest BCUT2D eigenvalue weighted by atomic mass is 16.5. The van der Waals surface area contributed by atoms with Crippen LogP contribution in [0, 0.1) is 5.41 Å². The smallest absolute Gasteiger partial charge is 0.228 e. The maximum atomic E-state index is 10.00. The molecule has 2 aromatic heterocycles. The third kappa shape index (κ3) is 3.49. The Morgan fingerprint density at radius 1 is 1.12 bits per heavy atom. The van der Waals surface area contributed by atoms with Crippen LogP contribution >= 0.6 is 0 Å². The van der Waals surface area contributed by atoms with E-state index in [0.29, 0.717) is 29.2 Å². The molecule has 5 rings (SSSR count). The topological polar surface area (TPSA) is 98.2 Å². The lowest BCUT2D eigenvalue weighted by atomic mass is 9.83. The largest absolute Gasteiger partial charge is 0.508 e. The molecule has 0 aliphatic carbocycles. The van der Waals surface area contributed by atoms with Gasteiger partial charge in [0.05, 0.1) is 24.9 Å². The normalized spacial score (nSPS) is 14.3. The molecule has 1 atom stereocenters. The van der Waals surface area contributed by atoms with Crippen LogP contribution < -0.4 is 15.0 Å². The summed E-state index contributed by atoms with van der Waals surface area (Å²) in [7, 11) is 1.64.